The lowest BCUT2D eigenvalue weighted by atomic mass is 9.96. The SMILES string of the molecule is COc1cccc2c(OC(=O)N[C@H](c3ccc4c(c3)-c3ccccc3C4)C3CC3)c(C)n(-c3ccccc3)c(=O)c12. The van der Waals surface area contributed by atoms with E-state index in [4.69, 9.17) is 9.47 Å². The van der Waals surface area contributed by atoms with E-state index in [9.17, 15) is 9.59 Å². The summed E-state index contributed by atoms with van der Waals surface area (Å²) < 4.78 is 13.2. The first-order valence-corrected chi connectivity index (χ1v) is 14.0. The highest BCUT2D eigenvalue weighted by Gasteiger charge is 2.35. The van der Waals surface area contributed by atoms with Crippen molar-refractivity contribution < 1.29 is 14.3 Å². The van der Waals surface area contributed by atoms with Gasteiger partial charge in [-0.3, -0.25) is 9.36 Å². The molecule has 0 radical (unpaired) electrons. The van der Waals surface area contributed by atoms with Gasteiger partial charge in [0.15, 0.2) is 5.75 Å². The maximum absolute atomic E-state index is 13.7. The summed E-state index contributed by atoms with van der Waals surface area (Å²) in [6, 6.07) is 29.6. The summed E-state index contributed by atoms with van der Waals surface area (Å²) in [4.78, 5) is 27.3. The molecule has 0 spiro atoms. The number of benzene rings is 4. The van der Waals surface area contributed by atoms with Crippen LogP contribution in [0, 0.1) is 12.8 Å². The van der Waals surface area contributed by atoms with E-state index in [2.05, 4.69) is 47.8 Å². The molecule has 4 aromatic carbocycles. The predicted octanol–water partition coefficient (Wildman–Crippen LogP) is 7.12. The number of methoxy groups -OCH3 is 1. The zero-order chi connectivity index (χ0) is 28.1. The molecule has 0 unspecified atom stereocenters. The predicted molar refractivity (Wildman–Crippen MR) is 160 cm³/mol. The van der Waals surface area contributed by atoms with Crippen molar-refractivity contribution in [3.8, 4) is 28.3 Å². The first-order valence-electron chi connectivity index (χ1n) is 14.0. The lowest BCUT2D eigenvalue weighted by Gasteiger charge is -2.22. The molecule has 0 saturated heterocycles. The van der Waals surface area contributed by atoms with E-state index in [0.717, 1.165) is 24.8 Å². The Balaban J connectivity index is 1.26. The van der Waals surface area contributed by atoms with Crippen LogP contribution in [0.3, 0.4) is 0 Å². The van der Waals surface area contributed by atoms with Crippen molar-refractivity contribution in [1.29, 1.82) is 0 Å². The second-order valence-corrected chi connectivity index (χ2v) is 10.9. The van der Waals surface area contributed by atoms with Gasteiger partial charge in [0, 0.05) is 11.1 Å². The molecule has 5 aromatic rings. The third-order valence-corrected chi connectivity index (χ3v) is 8.33. The molecular formula is C35H30N2O4. The number of ether oxygens (including phenoxy) is 2. The first kappa shape index (κ1) is 25.1. The third-order valence-electron chi connectivity index (χ3n) is 8.33. The van der Waals surface area contributed by atoms with Crippen LogP contribution in [0.25, 0.3) is 27.6 Å². The number of nitrogens with zero attached hydrogens (tertiary/aromatic N) is 1. The highest BCUT2D eigenvalue weighted by atomic mass is 16.6. The fraction of sp³-hybridized carbons (Fsp3) is 0.200. The van der Waals surface area contributed by atoms with Crippen LogP contribution < -0.4 is 20.3 Å². The van der Waals surface area contributed by atoms with Gasteiger partial charge < -0.3 is 14.8 Å². The highest BCUT2D eigenvalue weighted by Crippen LogP contribution is 2.44. The number of hydrogen-bond acceptors (Lipinski definition) is 4. The average Bonchev–Trinajstić information content (AvgIpc) is 3.78. The molecule has 2 aliphatic rings. The molecule has 1 N–H and O–H groups in total. The Kier molecular flexibility index (Phi) is 6.11. The number of carbonyl (C=O) groups is 1. The van der Waals surface area contributed by atoms with Crippen molar-refractivity contribution in [3.63, 3.8) is 0 Å². The largest absolute Gasteiger partial charge is 0.496 e. The van der Waals surface area contributed by atoms with Crippen LogP contribution in [-0.2, 0) is 6.42 Å². The summed E-state index contributed by atoms with van der Waals surface area (Å²) >= 11 is 0. The van der Waals surface area contributed by atoms with E-state index in [1.54, 1.807) is 29.7 Å². The lowest BCUT2D eigenvalue weighted by molar-refractivity contribution is 0.194. The minimum absolute atomic E-state index is 0.165. The zero-order valence-corrected chi connectivity index (χ0v) is 23.0. The number of rotatable bonds is 6. The first-order chi connectivity index (χ1) is 20.0. The van der Waals surface area contributed by atoms with Crippen LogP contribution in [-0.4, -0.2) is 17.8 Å². The fourth-order valence-electron chi connectivity index (χ4n) is 6.18. The number of aromatic nitrogens is 1. The maximum Gasteiger partial charge on any atom is 0.413 e. The van der Waals surface area contributed by atoms with Gasteiger partial charge in [-0.2, -0.15) is 0 Å². The number of hydrogen-bond donors (Lipinski definition) is 1. The molecule has 1 heterocycles. The average molecular weight is 543 g/mol. The Hall–Kier alpha value is -4.84. The standard InChI is InChI=1S/C35H30N2O4/c1-21-33(28-13-8-14-30(40-2)31(28)34(38)37(21)26-10-4-3-5-11-26)41-35(39)36-32(22-15-16-22)25-18-17-24-19-23-9-6-7-12-27(23)29(24)20-25/h3-14,17-18,20,22,32H,15-16,19H2,1-2H3,(H,36,39)/t32-/m0/s1. The van der Waals surface area contributed by atoms with Crippen LogP contribution in [0.4, 0.5) is 4.79 Å². The van der Waals surface area contributed by atoms with E-state index in [1.807, 2.05) is 30.3 Å². The number of pyridine rings is 1. The Bertz CT molecular complexity index is 1870. The molecular weight excluding hydrogens is 512 g/mol. The lowest BCUT2D eigenvalue weighted by Crippen LogP contribution is -2.33. The summed E-state index contributed by atoms with van der Waals surface area (Å²) in [5.74, 6) is 1.11. The molecule has 1 fully saturated rings. The normalized spacial score (nSPS) is 14.3. The third kappa shape index (κ3) is 4.36. The van der Waals surface area contributed by atoms with Crippen molar-refractivity contribution >= 4 is 16.9 Å². The Morgan fingerprint density at radius 3 is 2.44 bits per heavy atom. The minimum Gasteiger partial charge on any atom is -0.496 e. The molecule has 0 bridgehead atoms. The Morgan fingerprint density at radius 1 is 0.902 bits per heavy atom. The van der Waals surface area contributed by atoms with E-state index >= 15 is 0 Å². The van der Waals surface area contributed by atoms with Gasteiger partial charge in [-0.05, 0) is 84.2 Å². The van der Waals surface area contributed by atoms with Gasteiger partial charge in [-0.25, -0.2) is 4.79 Å². The summed E-state index contributed by atoms with van der Waals surface area (Å²) in [6.07, 6.45) is 2.49. The van der Waals surface area contributed by atoms with Crippen molar-refractivity contribution in [2.75, 3.05) is 7.11 Å². The zero-order valence-electron chi connectivity index (χ0n) is 23.0. The minimum atomic E-state index is -0.548. The quantitative estimate of drug-likeness (QED) is 0.243. The van der Waals surface area contributed by atoms with Gasteiger partial charge in [-0.1, -0.05) is 66.7 Å². The van der Waals surface area contributed by atoms with E-state index in [0.29, 0.717) is 39.6 Å². The van der Waals surface area contributed by atoms with E-state index in [-0.39, 0.29) is 11.6 Å². The van der Waals surface area contributed by atoms with Crippen LogP contribution in [0.5, 0.6) is 11.5 Å². The van der Waals surface area contributed by atoms with Gasteiger partial charge in [0.1, 0.15) is 5.75 Å². The van der Waals surface area contributed by atoms with Gasteiger partial charge in [0.25, 0.3) is 5.56 Å². The molecule has 204 valence electrons. The molecule has 1 amide bonds. The molecule has 0 aliphatic heterocycles. The van der Waals surface area contributed by atoms with Crippen LogP contribution >= 0.6 is 0 Å². The van der Waals surface area contributed by atoms with E-state index < -0.39 is 6.09 Å². The van der Waals surface area contributed by atoms with Gasteiger partial charge >= 0.3 is 6.09 Å². The second-order valence-electron chi connectivity index (χ2n) is 10.9. The molecule has 1 saturated carbocycles. The maximum atomic E-state index is 13.7. The summed E-state index contributed by atoms with van der Waals surface area (Å²) in [6.45, 7) is 1.80. The van der Waals surface area contributed by atoms with Gasteiger partial charge in [0.2, 0.25) is 0 Å². The van der Waals surface area contributed by atoms with Crippen LogP contribution in [0.15, 0.2) is 95.8 Å². The number of nitrogens with one attached hydrogen (secondary N) is 1. The molecule has 1 aromatic heterocycles. The summed E-state index contributed by atoms with van der Waals surface area (Å²) in [7, 11) is 1.53. The Labute approximate surface area is 238 Å². The second kappa shape index (κ2) is 9.97. The number of carbonyl (C=O) groups excluding carboxylic acids is 1. The summed E-state index contributed by atoms with van der Waals surface area (Å²) in [5.41, 5.74) is 7.22. The summed E-state index contributed by atoms with van der Waals surface area (Å²) in [5, 5.41) is 4.07. The molecule has 1 atom stereocenters. The number of amides is 1. The molecule has 2 aliphatic carbocycles. The fourth-order valence-corrected chi connectivity index (χ4v) is 6.18. The highest BCUT2D eigenvalue weighted by molar-refractivity contribution is 5.95. The van der Waals surface area contributed by atoms with Gasteiger partial charge in [-0.15, -0.1) is 0 Å². The molecule has 41 heavy (non-hydrogen) atoms. The molecule has 6 nitrogen and oxygen atoms in total. The smallest absolute Gasteiger partial charge is 0.413 e. The van der Waals surface area contributed by atoms with Crippen molar-refractivity contribution in [1.82, 2.24) is 9.88 Å². The topological polar surface area (TPSA) is 69.6 Å². The monoisotopic (exact) mass is 542 g/mol. The molecule has 6 heteroatoms. The van der Waals surface area contributed by atoms with Gasteiger partial charge in [0.05, 0.1) is 24.2 Å². The van der Waals surface area contributed by atoms with Crippen LogP contribution in [0.2, 0.25) is 0 Å². The van der Waals surface area contributed by atoms with Crippen molar-refractivity contribution in [3.05, 3.63) is 124 Å². The van der Waals surface area contributed by atoms with Crippen molar-refractivity contribution in [2.24, 2.45) is 5.92 Å². The van der Waals surface area contributed by atoms with Crippen LogP contribution in [0.1, 0.15) is 41.3 Å². The Morgan fingerprint density at radius 2 is 1.66 bits per heavy atom. The number of fused-ring (bicyclic) bond motifs is 4. The number of para-hydroxylation sites is 1. The van der Waals surface area contributed by atoms with Crippen molar-refractivity contribution in [2.45, 2.75) is 32.2 Å². The van der Waals surface area contributed by atoms with E-state index in [1.165, 1.54) is 29.4 Å². The molecule has 7 rings (SSSR count).